The number of nitrogens with zero attached hydrogens (tertiary/aromatic N) is 3. The fourth-order valence-corrected chi connectivity index (χ4v) is 1.31. The van der Waals surface area contributed by atoms with Crippen molar-refractivity contribution in [1.29, 1.82) is 0 Å². The number of anilines is 3. The third kappa shape index (κ3) is 3.39. The van der Waals surface area contributed by atoms with E-state index in [-0.39, 0.29) is 0 Å². The summed E-state index contributed by atoms with van der Waals surface area (Å²) < 4.78 is 0. The summed E-state index contributed by atoms with van der Waals surface area (Å²) in [6.45, 7) is 1.25. The zero-order valence-corrected chi connectivity index (χ0v) is 9.30. The van der Waals surface area contributed by atoms with Crippen molar-refractivity contribution in [2.24, 2.45) is 5.73 Å². The van der Waals surface area contributed by atoms with Crippen molar-refractivity contribution in [3.05, 3.63) is 36.9 Å². The molecule has 2 aromatic heterocycles. The van der Waals surface area contributed by atoms with Gasteiger partial charge in [0.2, 0.25) is 0 Å². The second-order valence-corrected chi connectivity index (χ2v) is 3.37. The Bertz CT molecular complexity index is 459. The van der Waals surface area contributed by atoms with Crippen molar-refractivity contribution in [2.45, 2.75) is 0 Å². The van der Waals surface area contributed by atoms with Gasteiger partial charge in [0.15, 0.2) is 0 Å². The van der Waals surface area contributed by atoms with Gasteiger partial charge < -0.3 is 16.4 Å². The van der Waals surface area contributed by atoms with Crippen molar-refractivity contribution < 1.29 is 0 Å². The lowest BCUT2D eigenvalue weighted by atomic mass is 10.4. The van der Waals surface area contributed by atoms with Crippen LogP contribution in [0, 0.1) is 0 Å². The lowest BCUT2D eigenvalue weighted by Gasteiger charge is -2.07. The molecule has 2 aromatic rings. The van der Waals surface area contributed by atoms with Crippen LogP contribution in [0.5, 0.6) is 0 Å². The number of aromatic nitrogens is 3. The van der Waals surface area contributed by atoms with E-state index in [1.807, 2.05) is 18.2 Å². The Balaban J connectivity index is 2.06. The van der Waals surface area contributed by atoms with Gasteiger partial charge in [-0.3, -0.25) is 4.98 Å². The number of nitrogens with two attached hydrogens (primary N) is 1. The monoisotopic (exact) mass is 230 g/mol. The van der Waals surface area contributed by atoms with Gasteiger partial charge in [-0.15, -0.1) is 0 Å². The topological polar surface area (TPSA) is 88.8 Å². The van der Waals surface area contributed by atoms with E-state index in [0.29, 0.717) is 18.9 Å². The van der Waals surface area contributed by atoms with Gasteiger partial charge in [-0.25, -0.2) is 9.97 Å². The highest BCUT2D eigenvalue weighted by molar-refractivity contribution is 5.57. The lowest BCUT2D eigenvalue weighted by Crippen LogP contribution is -2.14. The summed E-state index contributed by atoms with van der Waals surface area (Å²) in [6.07, 6.45) is 4.95. The average Bonchev–Trinajstić information content (AvgIpc) is 2.38. The highest BCUT2D eigenvalue weighted by Gasteiger charge is 1.98. The summed E-state index contributed by atoms with van der Waals surface area (Å²) in [5, 5.41) is 6.22. The van der Waals surface area contributed by atoms with Crippen LogP contribution in [-0.2, 0) is 0 Å². The largest absolute Gasteiger partial charge is 0.369 e. The van der Waals surface area contributed by atoms with E-state index in [9.17, 15) is 0 Å². The van der Waals surface area contributed by atoms with Crippen molar-refractivity contribution in [1.82, 2.24) is 15.0 Å². The maximum Gasteiger partial charge on any atom is 0.135 e. The molecule has 17 heavy (non-hydrogen) atoms. The Morgan fingerprint density at radius 1 is 1.24 bits per heavy atom. The highest BCUT2D eigenvalue weighted by Crippen LogP contribution is 2.14. The summed E-state index contributed by atoms with van der Waals surface area (Å²) in [5.74, 6) is 1.46. The Morgan fingerprint density at radius 2 is 2.12 bits per heavy atom. The van der Waals surface area contributed by atoms with Gasteiger partial charge in [0, 0.05) is 25.4 Å². The smallest absolute Gasteiger partial charge is 0.135 e. The maximum absolute atomic E-state index is 5.41. The molecular weight excluding hydrogens is 216 g/mol. The van der Waals surface area contributed by atoms with Gasteiger partial charge >= 0.3 is 0 Å². The predicted molar refractivity (Wildman–Crippen MR) is 67.1 cm³/mol. The standard InChI is InChI=1S/C11H14N6/c12-3-5-14-10-6-11(16-8-15-10)17-9-2-1-4-13-7-9/h1-2,4,6-8H,3,5,12H2,(H2,14,15,16,17). The van der Waals surface area contributed by atoms with E-state index in [0.717, 1.165) is 11.5 Å². The first-order chi connectivity index (χ1) is 8.38. The zero-order chi connectivity index (χ0) is 11.9. The van der Waals surface area contributed by atoms with Crippen molar-refractivity contribution in [3.63, 3.8) is 0 Å². The lowest BCUT2D eigenvalue weighted by molar-refractivity contribution is 1.00. The molecule has 0 saturated heterocycles. The summed E-state index contributed by atoms with van der Waals surface area (Å²) in [5.41, 5.74) is 6.29. The summed E-state index contributed by atoms with van der Waals surface area (Å²) in [7, 11) is 0. The molecule has 6 nitrogen and oxygen atoms in total. The van der Waals surface area contributed by atoms with E-state index < -0.39 is 0 Å². The first-order valence-electron chi connectivity index (χ1n) is 5.31. The van der Waals surface area contributed by atoms with E-state index >= 15 is 0 Å². The third-order valence-corrected chi connectivity index (χ3v) is 2.05. The predicted octanol–water partition coefficient (Wildman–Crippen LogP) is 0.986. The fraction of sp³-hybridized carbons (Fsp3) is 0.182. The first-order valence-corrected chi connectivity index (χ1v) is 5.31. The molecule has 0 bridgehead atoms. The summed E-state index contributed by atoms with van der Waals surface area (Å²) in [4.78, 5) is 12.2. The molecule has 0 atom stereocenters. The average molecular weight is 230 g/mol. The Labute approximate surface area is 99.3 Å². The first kappa shape index (κ1) is 11.3. The molecule has 0 fully saturated rings. The quantitative estimate of drug-likeness (QED) is 0.709. The van der Waals surface area contributed by atoms with Crippen molar-refractivity contribution in [2.75, 3.05) is 23.7 Å². The van der Waals surface area contributed by atoms with Gasteiger partial charge in [-0.2, -0.15) is 0 Å². The van der Waals surface area contributed by atoms with E-state index in [2.05, 4.69) is 25.6 Å². The normalized spacial score (nSPS) is 9.94. The molecule has 0 unspecified atom stereocenters. The van der Waals surface area contributed by atoms with Crippen LogP contribution in [0.1, 0.15) is 0 Å². The van der Waals surface area contributed by atoms with Crippen LogP contribution in [0.15, 0.2) is 36.9 Å². The van der Waals surface area contributed by atoms with Crippen LogP contribution < -0.4 is 16.4 Å². The molecule has 0 saturated carbocycles. The minimum atomic E-state index is 0.565. The molecule has 0 aliphatic carbocycles. The van der Waals surface area contributed by atoms with Crippen LogP contribution in [0.3, 0.4) is 0 Å². The van der Waals surface area contributed by atoms with Gasteiger partial charge in [0.25, 0.3) is 0 Å². The molecule has 6 heteroatoms. The number of hydrogen-bond donors (Lipinski definition) is 3. The fourth-order valence-electron chi connectivity index (χ4n) is 1.31. The molecule has 0 aliphatic heterocycles. The number of nitrogens with one attached hydrogen (secondary N) is 2. The number of rotatable bonds is 5. The van der Waals surface area contributed by atoms with Crippen LogP contribution in [0.4, 0.5) is 17.3 Å². The number of pyridine rings is 1. The SMILES string of the molecule is NCCNc1cc(Nc2cccnc2)ncn1. The van der Waals surface area contributed by atoms with E-state index in [1.54, 1.807) is 12.4 Å². The minimum absolute atomic E-state index is 0.565. The molecule has 0 aliphatic rings. The third-order valence-electron chi connectivity index (χ3n) is 2.05. The van der Waals surface area contributed by atoms with Gasteiger partial charge in [-0.1, -0.05) is 0 Å². The van der Waals surface area contributed by atoms with Crippen LogP contribution in [0.2, 0.25) is 0 Å². The summed E-state index contributed by atoms with van der Waals surface area (Å²) in [6, 6.07) is 5.60. The van der Waals surface area contributed by atoms with Crippen LogP contribution >= 0.6 is 0 Å². The molecule has 0 aromatic carbocycles. The molecule has 0 amide bonds. The molecule has 0 radical (unpaired) electrons. The van der Waals surface area contributed by atoms with Gasteiger partial charge in [0.05, 0.1) is 11.9 Å². The van der Waals surface area contributed by atoms with Gasteiger partial charge in [0.1, 0.15) is 18.0 Å². The minimum Gasteiger partial charge on any atom is -0.369 e. The van der Waals surface area contributed by atoms with Crippen LogP contribution in [-0.4, -0.2) is 28.0 Å². The molecule has 0 spiro atoms. The molecule has 88 valence electrons. The van der Waals surface area contributed by atoms with Crippen molar-refractivity contribution in [3.8, 4) is 0 Å². The Morgan fingerprint density at radius 3 is 2.88 bits per heavy atom. The second-order valence-electron chi connectivity index (χ2n) is 3.37. The van der Waals surface area contributed by atoms with Crippen LogP contribution in [0.25, 0.3) is 0 Å². The number of hydrogen-bond acceptors (Lipinski definition) is 6. The molecular formula is C11H14N6. The van der Waals surface area contributed by atoms with E-state index in [4.69, 9.17) is 5.73 Å². The highest BCUT2D eigenvalue weighted by atomic mass is 15.1. The molecule has 2 heterocycles. The summed E-state index contributed by atoms with van der Waals surface area (Å²) >= 11 is 0. The molecule has 2 rings (SSSR count). The Hall–Kier alpha value is -2.21. The molecule has 4 N–H and O–H groups in total. The van der Waals surface area contributed by atoms with Gasteiger partial charge in [-0.05, 0) is 12.1 Å². The zero-order valence-electron chi connectivity index (χ0n) is 9.30. The maximum atomic E-state index is 5.41. The van der Waals surface area contributed by atoms with Crippen molar-refractivity contribution >= 4 is 17.3 Å². The van der Waals surface area contributed by atoms with E-state index in [1.165, 1.54) is 6.33 Å². The second kappa shape index (κ2) is 5.76. The Kier molecular flexibility index (Phi) is 3.82.